The lowest BCUT2D eigenvalue weighted by Gasteiger charge is -2.24. The molecule has 2 aliphatic rings. The first-order valence-corrected chi connectivity index (χ1v) is 11.9. The lowest BCUT2D eigenvalue weighted by atomic mass is 9.91. The predicted octanol–water partition coefficient (Wildman–Crippen LogP) is 6.12. The number of carboxylic acid groups (broad SMARTS) is 1. The highest BCUT2D eigenvalue weighted by molar-refractivity contribution is 5.79. The van der Waals surface area contributed by atoms with Gasteiger partial charge in [-0.3, -0.25) is 4.79 Å². The number of rotatable bonds is 8. The standard InChI is InChI=1S/C27H33NO4/c29-26(30)16-15-20(17-19-9-3-1-2-4-10-19)28-27(31)32-18-25-23-13-7-5-11-21(23)22-12-6-8-14-24(22)25/h5-8,11-14,19-20,25H,1-4,9-10,15-18H2,(H,28,31)(H,29,30). The molecule has 1 unspecified atom stereocenters. The van der Waals surface area contributed by atoms with Crippen molar-refractivity contribution in [1.82, 2.24) is 5.32 Å². The first kappa shape index (κ1) is 22.4. The van der Waals surface area contributed by atoms with E-state index in [-0.39, 0.29) is 25.0 Å². The van der Waals surface area contributed by atoms with E-state index in [9.17, 15) is 9.59 Å². The minimum absolute atomic E-state index is 0.0208. The third-order valence-corrected chi connectivity index (χ3v) is 6.96. The highest BCUT2D eigenvalue weighted by Crippen LogP contribution is 2.44. The maximum absolute atomic E-state index is 12.7. The van der Waals surface area contributed by atoms with Gasteiger partial charge < -0.3 is 15.2 Å². The van der Waals surface area contributed by atoms with Crippen LogP contribution in [0.1, 0.15) is 74.8 Å². The van der Waals surface area contributed by atoms with Gasteiger partial charge in [0.15, 0.2) is 0 Å². The molecule has 2 aromatic rings. The van der Waals surface area contributed by atoms with E-state index in [1.165, 1.54) is 47.9 Å². The number of ether oxygens (including phenoxy) is 1. The van der Waals surface area contributed by atoms with Crippen molar-refractivity contribution in [2.75, 3.05) is 6.61 Å². The summed E-state index contributed by atoms with van der Waals surface area (Å²) in [6, 6.07) is 16.4. The number of amides is 1. The maximum atomic E-state index is 12.7. The van der Waals surface area contributed by atoms with E-state index in [2.05, 4.69) is 29.6 Å². The zero-order valence-corrected chi connectivity index (χ0v) is 18.6. The van der Waals surface area contributed by atoms with Gasteiger partial charge in [0.2, 0.25) is 0 Å². The monoisotopic (exact) mass is 435 g/mol. The molecule has 1 fully saturated rings. The van der Waals surface area contributed by atoms with E-state index in [1.807, 2.05) is 24.3 Å². The van der Waals surface area contributed by atoms with Crippen LogP contribution in [0.15, 0.2) is 48.5 Å². The molecule has 5 heteroatoms. The Kier molecular flexibility index (Phi) is 7.46. The normalized spacial score (nSPS) is 17.1. The molecule has 2 aromatic carbocycles. The number of benzene rings is 2. The molecule has 0 aliphatic heterocycles. The highest BCUT2D eigenvalue weighted by atomic mass is 16.5. The molecule has 170 valence electrons. The van der Waals surface area contributed by atoms with Crippen molar-refractivity contribution in [3.63, 3.8) is 0 Å². The number of fused-ring (bicyclic) bond motifs is 3. The summed E-state index contributed by atoms with van der Waals surface area (Å²) in [5.74, 6) is -0.261. The summed E-state index contributed by atoms with van der Waals surface area (Å²) < 4.78 is 5.69. The van der Waals surface area contributed by atoms with Crippen molar-refractivity contribution < 1.29 is 19.4 Å². The molecule has 1 atom stereocenters. The predicted molar refractivity (Wildman–Crippen MR) is 125 cm³/mol. The lowest BCUT2D eigenvalue weighted by Crippen LogP contribution is -2.37. The summed E-state index contributed by atoms with van der Waals surface area (Å²) in [4.78, 5) is 23.8. The Balaban J connectivity index is 1.38. The van der Waals surface area contributed by atoms with Crippen molar-refractivity contribution in [2.24, 2.45) is 5.92 Å². The number of nitrogens with one attached hydrogen (secondary N) is 1. The van der Waals surface area contributed by atoms with E-state index in [0.717, 1.165) is 19.3 Å². The van der Waals surface area contributed by atoms with E-state index < -0.39 is 12.1 Å². The van der Waals surface area contributed by atoms with Gasteiger partial charge in [-0.25, -0.2) is 4.79 Å². The fourth-order valence-corrected chi connectivity index (χ4v) is 5.36. The maximum Gasteiger partial charge on any atom is 0.407 e. The molecule has 0 heterocycles. The molecule has 0 bridgehead atoms. The number of hydrogen-bond acceptors (Lipinski definition) is 3. The molecule has 1 saturated carbocycles. The second kappa shape index (κ2) is 10.7. The number of carbonyl (C=O) groups excluding carboxylic acids is 1. The van der Waals surface area contributed by atoms with Gasteiger partial charge in [0.25, 0.3) is 0 Å². The van der Waals surface area contributed by atoms with Gasteiger partial charge in [-0.05, 0) is 41.0 Å². The molecule has 0 spiro atoms. The summed E-state index contributed by atoms with van der Waals surface area (Å²) in [6.45, 7) is 0.273. The van der Waals surface area contributed by atoms with Gasteiger partial charge in [-0.1, -0.05) is 87.1 Å². The topological polar surface area (TPSA) is 75.6 Å². The fourth-order valence-electron chi connectivity index (χ4n) is 5.36. The molecular weight excluding hydrogens is 402 g/mol. The lowest BCUT2D eigenvalue weighted by molar-refractivity contribution is -0.137. The van der Waals surface area contributed by atoms with Crippen LogP contribution in [0.25, 0.3) is 11.1 Å². The molecule has 0 saturated heterocycles. The summed E-state index contributed by atoms with van der Waals surface area (Å²) >= 11 is 0. The Morgan fingerprint density at radius 3 is 2.12 bits per heavy atom. The van der Waals surface area contributed by atoms with E-state index >= 15 is 0 Å². The van der Waals surface area contributed by atoms with E-state index in [1.54, 1.807) is 0 Å². The van der Waals surface area contributed by atoms with E-state index in [0.29, 0.717) is 12.3 Å². The number of aliphatic carboxylic acids is 1. The van der Waals surface area contributed by atoms with Gasteiger partial charge in [0, 0.05) is 18.4 Å². The third kappa shape index (κ3) is 5.50. The molecule has 5 nitrogen and oxygen atoms in total. The van der Waals surface area contributed by atoms with Crippen molar-refractivity contribution in [2.45, 2.75) is 69.7 Å². The van der Waals surface area contributed by atoms with Crippen LogP contribution in [-0.4, -0.2) is 29.8 Å². The fraction of sp³-hybridized carbons (Fsp3) is 0.481. The van der Waals surface area contributed by atoms with Crippen LogP contribution in [-0.2, 0) is 9.53 Å². The van der Waals surface area contributed by atoms with Crippen LogP contribution in [0.4, 0.5) is 4.79 Å². The molecule has 4 rings (SSSR count). The van der Waals surface area contributed by atoms with Crippen molar-refractivity contribution in [1.29, 1.82) is 0 Å². The first-order chi connectivity index (χ1) is 15.6. The van der Waals surface area contributed by atoms with Gasteiger partial charge in [0.05, 0.1) is 0 Å². The second-order valence-corrected chi connectivity index (χ2v) is 9.19. The SMILES string of the molecule is O=C(O)CCC(CC1CCCCCC1)NC(=O)OCC1c2ccccc2-c2ccccc21. The van der Waals surface area contributed by atoms with Crippen LogP contribution in [0.3, 0.4) is 0 Å². The number of hydrogen-bond donors (Lipinski definition) is 2. The van der Waals surface area contributed by atoms with Crippen molar-refractivity contribution in [3.8, 4) is 11.1 Å². The van der Waals surface area contributed by atoms with Gasteiger partial charge >= 0.3 is 12.1 Å². The van der Waals surface area contributed by atoms with Crippen LogP contribution in [0, 0.1) is 5.92 Å². The Bertz CT molecular complexity index is 887. The van der Waals surface area contributed by atoms with Gasteiger partial charge in [-0.2, -0.15) is 0 Å². The Morgan fingerprint density at radius 1 is 0.938 bits per heavy atom. The zero-order chi connectivity index (χ0) is 22.3. The quantitative estimate of drug-likeness (QED) is 0.490. The largest absolute Gasteiger partial charge is 0.481 e. The summed E-state index contributed by atoms with van der Waals surface area (Å²) in [6.07, 6.45) is 8.20. The minimum Gasteiger partial charge on any atom is -0.481 e. The molecule has 0 aromatic heterocycles. The number of carboxylic acids is 1. The van der Waals surface area contributed by atoms with E-state index in [4.69, 9.17) is 9.84 Å². The zero-order valence-electron chi connectivity index (χ0n) is 18.6. The summed E-state index contributed by atoms with van der Waals surface area (Å²) in [5, 5.41) is 12.1. The summed E-state index contributed by atoms with van der Waals surface area (Å²) in [7, 11) is 0. The average Bonchev–Trinajstić information content (AvgIpc) is 2.91. The van der Waals surface area contributed by atoms with Crippen LogP contribution >= 0.6 is 0 Å². The average molecular weight is 436 g/mol. The molecule has 1 amide bonds. The molecule has 2 aliphatic carbocycles. The number of alkyl carbamates (subject to hydrolysis) is 1. The van der Waals surface area contributed by atoms with Crippen LogP contribution in [0.2, 0.25) is 0 Å². The van der Waals surface area contributed by atoms with Crippen LogP contribution < -0.4 is 5.32 Å². The van der Waals surface area contributed by atoms with Gasteiger partial charge in [0.1, 0.15) is 6.61 Å². The second-order valence-electron chi connectivity index (χ2n) is 9.19. The Morgan fingerprint density at radius 2 is 1.53 bits per heavy atom. The molecule has 2 N–H and O–H groups in total. The third-order valence-electron chi connectivity index (χ3n) is 6.96. The molecule has 0 radical (unpaired) electrons. The van der Waals surface area contributed by atoms with Crippen molar-refractivity contribution >= 4 is 12.1 Å². The number of carbonyl (C=O) groups is 2. The van der Waals surface area contributed by atoms with Crippen molar-refractivity contribution in [3.05, 3.63) is 59.7 Å². The smallest absolute Gasteiger partial charge is 0.407 e. The first-order valence-electron chi connectivity index (χ1n) is 11.9. The van der Waals surface area contributed by atoms with Crippen LogP contribution in [0.5, 0.6) is 0 Å². The Hall–Kier alpha value is -2.82. The molecule has 32 heavy (non-hydrogen) atoms. The summed E-state index contributed by atoms with van der Waals surface area (Å²) in [5.41, 5.74) is 4.76. The van der Waals surface area contributed by atoms with Gasteiger partial charge in [-0.15, -0.1) is 0 Å². The highest BCUT2D eigenvalue weighted by Gasteiger charge is 2.29. The minimum atomic E-state index is -0.829. The molecular formula is C27H33NO4. The Labute approximate surface area is 190 Å².